The summed E-state index contributed by atoms with van der Waals surface area (Å²) in [7, 11) is 1.55. The molecule has 0 fully saturated rings. The molecule has 0 aliphatic heterocycles. The first-order valence-electron chi connectivity index (χ1n) is 6.74. The van der Waals surface area contributed by atoms with E-state index in [0.29, 0.717) is 35.6 Å². The van der Waals surface area contributed by atoms with Gasteiger partial charge in [-0.3, -0.25) is 0 Å². The maximum absolute atomic E-state index is 5.52. The standard InChI is InChI=1S/C15H14N4O3/c1-3-21-11-5-4-7-17-13(11)15-18-14(19-22-15)10-6-8-16-12(9-10)20-2/h4-9H,3H2,1-2H3. The number of aromatic nitrogens is 4. The van der Waals surface area contributed by atoms with Crippen molar-refractivity contribution >= 4 is 0 Å². The van der Waals surface area contributed by atoms with E-state index in [-0.39, 0.29) is 0 Å². The SMILES string of the molecule is CCOc1cccnc1-c1nc(-c2ccnc(OC)c2)no1. The lowest BCUT2D eigenvalue weighted by Gasteiger charge is -2.04. The molecular weight excluding hydrogens is 284 g/mol. The van der Waals surface area contributed by atoms with Crippen LogP contribution in [0.5, 0.6) is 11.6 Å². The van der Waals surface area contributed by atoms with Gasteiger partial charge in [-0.2, -0.15) is 4.98 Å². The molecule has 0 atom stereocenters. The topological polar surface area (TPSA) is 83.2 Å². The zero-order valence-electron chi connectivity index (χ0n) is 12.2. The van der Waals surface area contributed by atoms with Crippen molar-refractivity contribution in [3.05, 3.63) is 36.7 Å². The van der Waals surface area contributed by atoms with Crippen LogP contribution in [0.3, 0.4) is 0 Å². The van der Waals surface area contributed by atoms with Gasteiger partial charge >= 0.3 is 0 Å². The van der Waals surface area contributed by atoms with E-state index >= 15 is 0 Å². The van der Waals surface area contributed by atoms with Gasteiger partial charge in [0.05, 0.1) is 13.7 Å². The number of hydrogen-bond donors (Lipinski definition) is 0. The summed E-state index contributed by atoms with van der Waals surface area (Å²) < 4.78 is 15.9. The summed E-state index contributed by atoms with van der Waals surface area (Å²) in [6.45, 7) is 2.43. The van der Waals surface area contributed by atoms with Crippen LogP contribution in [0.25, 0.3) is 23.0 Å². The molecular formula is C15H14N4O3. The number of hydrogen-bond acceptors (Lipinski definition) is 7. The molecule has 0 aliphatic carbocycles. The van der Waals surface area contributed by atoms with E-state index in [2.05, 4.69) is 20.1 Å². The largest absolute Gasteiger partial charge is 0.491 e. The van der Waals surface area contributed by atoms with Gasteiger partial charge in [-0.05, 0) is 25.1 Å². The monoisotopic (exact) mass is 298 g/mol. The average Bonchev–Trinajstić information content (AvgIpc) is 3.06. The zero-order valence-corrected chi connectivity index (χ0v) is 12.2. The molecule has 0 saturated carbocycles. The van der Waals surface area contributed by atoms with Gasteiger partial charge in [0.25, 0.3) is 5.89 Å². The zero-order chi connectivity index (χ0) is 15.4. The fourth-order valence-corrected chi connectivity index (χ4v) is 1.92. The molecule has 0 amide bonds. The summed E-state index contributed by atoms with van der Waals surface area (Å²) in [5.74, 6) is 1.82. The molecule has 3 rings (SSSR count). The molecule has 0 saturated heterocycles. The second-order valence-corrected chi connectivity index (χ2v) is 4.29. The molecule has 0 spiro atoms. The van der Waals surface area contributed by atoms with Gasteiger partial charge in [-0.25, -0.2) is 9.97 Å². The van der Waals surface area contributed by atoms with Crippen molar-refractivity contribution in [2.75, 3.05) is 13.7 Å². The maximum Gasteiger partial charge on any atom is 0.280 e. The maximum atomic E-state index is 5.52. The lowest BCUT2D eigenvalue weighted by Crippen LogP contribution is -1.95. The summed E-state index contributed by atoms with van der Waals surface area (Å²) in [5, 5.41) is 3.97. The van der Waals surface area contributed by atoms with Crippen molar-refractivity contribution in [2.24, 2.45) is 0 Å². The van der Waals surface area contributed by atoms with Gasteiger partial charge in [0.1, 0.15) is 0 Å². The third kappa shape index (κ3) is 2.73. The Morgan fingerprint density at radius 3 is 2.91 bits per heavy atom. The molecule has 112 valence electrons. The van der Waals surface area contributed by atoms with E-state index in [1.54, 1.807) is 37.7 Å². The lowest BCUT2D eigenvalue weighted by molar-refractivity contribution is 0.337. The van der Waals surface area contributed by atoms with E-state index < -0.39 is 0 Å². The lowest BCUT2D eigenvalue weighted by atomic mass is 10.2. The Kier molecular flexibility index (Phi) is 3.95. The molecule has 0 N–H and O–H groups in total. The summed E-state index contributed by atoms with van der Waals surface area (Å²) in [6, 6.07) is 7.11. The van der Waals surface area contributed by atoms with Crippen LogP contribution < -0.4 is 9.47 Å². The van der Waals surface area contributed by atoms with Crippen molar-refractivity contribution in [1.29, 1.82) is 0 Å². The van der Waals surface area contributed by atoms with Gasteiger partial charge in [0.15, 0.2) is 11.4 Å². The number of pyridine rings is 2. The third-order valence-corrected chi connectivity index (χ3v) is 2.90. The number of ether oxygens (including phenoxy) is 2. The summed E-state index contributed by atoms with van der Waals surface area (Å²) in [6.07, 6.45) is 3.27. The highest BCUT2D eigenvalue weighted by Crippen LogP contribution is 2.28. The van der Waals surface area contributed by atoms with E-state index in [1.807, 2.05) is 13.0 Å². The first-order chi connectivity index (χ1) is 10.8. The third-order valence-electron chi connectivity index (χ3n) is 2.90. The number of nitrogens with zero attached hydrogens (tertiary/aromatic N) is 4. The highest BCUT2D eigenvalue weighted by Gasteiger charge is 2.16. The Hall–Kier alpha value is -2.96. The summed E-state index contributed by atoms with van der Waals surface area (Å²) in [4.78, 5) is 12.7. The molecule has 0 aromatic carbocycles. The molecule has 0 unspecified atom stereocenters. The minimum atomic E-state index is 0.301. The quantitative estimate of drug-likeness (QED) is 0.715. The minimum Gasteiger partial charge on any atom is -0.491 e. The molecule has 0 bridgehead atoms. The van der Waals surface area contributed by atoms with Crippen molar-refractivity contribution < 1.29 is 14.0 Å². The van der Waals surface area contributed by atoms with Crippen LogP contribution in [0, 0.1) is 0 Å². The van der Waals surface area contributed by atoms with Crippen LogP contribution >= 0.6 is 0 Å². The molecule has 7 nitrogen and oxygen atoms in total. The second-order valence-electron chi connectivity index (χ2n) is 4.29. The Bertz CT molecular complexity index is 773. The molecule has 3 aromatic rings. The van der Waals surface area contributed by atoms with Crippen molar-refractivity contribution in [3.8, 4) is 34.6 Å². The van der Waals surface area contributed by atoms with Gasteiger partial charge in [0, 0.05) is 24.0 Å². The second kappa shape index (κ2) is 6.21. The highest BCUT2D eigenvalue weighted by atomic mass is 16.5. The normalized spacial score (nSPS) is 10.5. The highest BCUT2D eigenvalue weighted by molar-refractivity contribution is 5.61. The summed E-state index contributed by atoms with van der Waals surface area (Å²) >= 11 is 0. The van der Waals surface area contributed by atoms with E-state index in [1.165, 1.54) is 0 Å². The first-order valence-corrected chi connectivity index (χ1v) is 6.74. The van der Waals surface area contributed by atoms with Crippen molar-refractivity contribution in [3.63, 3.8) is 0 Å². The number of methoxy groups -OCH3 is 1. The predicted molar refractivity (Wildman–Crippen MR) is 78.5 cm³/mol. The van der Waals surface area contributed by atoms with E-state index in [0.717, 1.165) is 5.56 Å². The molecule has 0 aliphatic rings. The molecule has 22 heavy (non-hydrogen) atoms. The molecule has 7 heteroatoms. The van der Waals surface area contributed by atoms with Crippen LogP contribution in [0.2, 0.25) is 0 Å². The Balaban J connectivity index is 1.97. The van der Waals surface area contributed by atoms with Gasteiger partial charge < -0.3 is 14.0 Å². The minimum absolute atomic E-state index is 0.301. The van der Waals surface area contributed by atoms with Gasteiger partial charge in [-0.1, -0.05) is 5.16 Å². The van der Waals surface area contributed by atoms with Crippen LogP contribution in [0.4, 0.5) is 0 Å². The summed E-state index contributed by atoms with van der Waals surface area (Å²) in [5.41, 5.74) is 1.26. The van der Waals surface area contributed by atoms with E-state index in [4.69, 9.17) is 14.0 Å². The molecule has 0 radical (unpaired) electrons. The van der Waals surface area contributed by atoms with Crippen LogP contribution in [0.1, 0.15) is 6.92 Å². The van der Waals surface area contributed by atoms with Gasteiger partial charge in [-0.15, -0.1) is 0 Å². The van der Waals surface area contributed by atoms with Crippen molar-refractivity contribution in [1.82, 2.24) is 20.1 Å². The average molecular weight is 298 g/mol. The smallest absolute Gasteiger partial charge is 0.280 e. The Morgan fingerprint density at radius 2 is 2.09 bits per heavy atom. The number of rotatable bonds is 5. The molecule has 3 aromatic heterocycles. The Labute approximate surface area is 126 Å². The predicted octanol–water partition coefficient (Wildman–Crippen LogP) is 2.60. The Morgan fingerprint density at radius 1 is 1.18 bits per heavy atom. The van der Waals surface area contributed by atoms with Crippen molar-refractivity contribution in [2.45, 2.75) is 6.92 Å². The molecule has 3 heterocycles. The van der Waals surface area contributed by atoms with Crippen LogP contribution in [-0.4, -0.2) is 33.8 Å². The fourth-order valence-electron chi connectivity index (χ4n) is 1.92. The fraction of sp³-hybridized carbons (Fsp3) is 0.200. The van der Waals surface area contributed by atoms with Gasteiger partial charge in [0.2, 0.25) is 11.7 Å². The first kappa shape index (κ1) is 14.0. The van der Waals surface area contributed by atoms with E-state index in [9.17, 15) is 0 Å². The van der Waals surface area contributed by atoms with Crippen LogP contribution in [0.15, 0.2) is 41.2 Å². The van der Waals surface area contributed by atoms with Crippen LogP contribution in [-0.2, 0) is 0 Å².